The van der Waals surface area contributed by atoms with Crippen molar-refractivity contribution in [3.8, 4) is 5.75 Å². The molecule has 1 aromatic carbocycles. The van der Waals surface area contributed by atoms with Gasteiger partial charge in [-0.05, 0) is 32.0 Å². The highest BCUT2D eigenvalue weighted by molar-refractivity contribution is 7.18. The third kappa shape index (κ3) is 5.24. The number of rotatable bonds is 9. The van der Waals surface area contributed by atoms with Gasteiger partial charge < -0.3 is 25.4 Å². The van der Waals surface area contributed by atoms with Gasteiger partial charge in [0, 0.05) is 18.2 Å². The number of hydrogen-bond donors (Lipinski definition) is 3. The van der Waals surface area contributed by atoms with Crippen molar-refractivity contribution >= 4 is 28.2 Å². The summed E-state index contributed by atoms with van der Waals surface area (Å²) in [6.07, 6.45) is 0. The van der Waals surface area contributed by atoms with Crippen molar-refractivity contribution in [1.82, 2.24) is 5.32 Å². The first-order valence-corrected chi connectivity index (χ1v) is 10.1. The van der Waals surface area contributed by atoms with Crippen LogP contribution in [0, 0.1) is 5.82 Å². The van der Waals surface area contributed by atoms with Gasteiger partial charge >= 0.3 is 5.97 Å². The predicted octanol–water partition coefficient (Wildman–Crippen LogP) is 1.62. The van der Waals surface area contributed by atoms with Gasteiger partial charge in [0.05, 0.1) is 20.3 Å². The standard InChI is InChI=1S/C20H26FN3O4S/c1-5-24(10-12-7-8-15(27-4)14(21)9-12)11-13-16(20(26)28-6-2)18(22)29-17(13)19(25)23-3/h7-9H,5-6,10-11,22H2,1-4H3,(H,23,25)/p+1. The first kappa shape index (κ1) is 22.6. The highest BCUT2D eigenvalue weighted by Crippen LogP contribution is 2.31. The van der Waals surface area contributed by atoms with E-state index in [0.717, 1.165) is 21.8 Å². The van der Waals surface area contributed by atoms with Gasteiger partial charge in [0.1, 0.15) is 28.5 Å². The normalized spacial score (nSPS) is 11.8. The van der Waals surface area contributed by atoms with Gasteiger partial charge in [-0.15, -0.1) is 11.3 Å². The van der Waals surface area contributed by atoms with Gasteiger partial charge in [-0.2, -0.15) is 0 Å². The largest absolute Gasteiger partial charge is 0.494 e. The number of hydrogen-bond acceptors (Lipinski definition) is 6. The van der Waals surface area contributed by atoms with E-state index >= 15 is 0 Å². The molecule has 0 spiro atoms. The van der Waals surface area contributed by atoms with Crippen LogP contribution in [0.15, 0.2) is 18.2 Å². The smallest absolute Gasteiger partial charge is 0.341 e. The van der Waals surface area contributed by atoms with Crippen molar-refractivity contribution in [2.75, 3.05) is 33.0 Å². The molecule has 29 heavy (non-hydrogen) atoms. The van der Waals surface area contributed by atoms with Crippen molar-refractivity contribution in [2.45, 2.75) is 26.9 Å². The summed E-state index contributed by atoms with van der Waals surface area (Å²) in [7, 11) is 2.94. The molecule has 2 rings (SSSR count). The SMILES string of the molecule is CCOC(=O)c1c(N)sc(C(=O)NC)c1C[NH+](CC)Cc1ccc(OC)c(F)c1. The Morgan fingerprint density at radius 3 is 2.55 bits per heavy atom. The van der Waals surface area contributed by atoms with Crippen molar-refractivity contribution in [2.24, 2.45) is 0 Å². The molecule has 1 aromatic heterocycles. The maximum atomic E-state index is 14.0. The molecular weight excluding hydrogens is 397 g/mol. The molecule has 0 fully saturated rings. The predicted molar refractivity (Wildman–Crippen MR) is 110 cm³/mol. The molecule has 7 nitrogen and oxygen atoms in total. The zero-order valence-electron chi connectivity index (χ0n) is 17.1. The lowest BCUT2D eigenvalue weighted by Gasteiger charge is -2.19. The topological polar surface area (TPSA) is 95.1 Å². The zero-order chi connectivity index (χ0) is 21.6. The summed E-state index contributed by atoms with van der Waals surface area (Å²) in [5.41, 5.74) is 7.62. The monoisotopic (exact) mass is 424 g/mol. The average Bonchev–Trinajstić information content (AvgIpc) is 3.03. The summed E-state index contributed by atoms with van der Waals surface area (Å²) in [5, 5.41) is 2.84. The molecule has 1 atom stereocenters. The summed E-state index contributed by atoms with van der Waals surface area (Å²) in [6.45, 7) is 5.46. The fourth-order valence-electron chi connectivity index (χ4n) is 3.05. The Bertz CT molecular complexity index is 885. The van der Waals surface area contributed by atoms with E-state index < -0.39 is 11.8 Å². The number of carbonyl (C=O) groups is 2. The van der Waals surface area contributed by atoms with E-state index in [1.165, 1.54) is 20.2 Å². The zero-order valence-corrected chi connectivity index (χ0v) is 17.9. The molecule has 0 saturated heterocycles. The van der Waals surface area contributed by atoms with E-state index in [-0.39, 0.29) is 28.8 Å². The number of quaternary nitrogens is 1. The molecule has 0 aliphatic heterocycles. The number of nitrogen functional groups attached to an aromatic ring is 1. The number of benzene rings is 1. The molecule has 4 N–H and O–H groups in total. The van der Waals surface area contributed by atoms with Gasteiger partial charge in [-0.3, -0.25) is 4.79 Å². The Balaban J connectivity index is 2.37. The number of nitrogens with one attached hydrogen (secondary N) is 2. The van der Waals surface area contributed by atoms with Crippen molar-refractivity contribution in [3.63, 3.8) is 0 Å². The summed E-state index contributed by atoms with van der Waals surface area (Å²) >= 11 is 1.07. The first-order chi connectivity index (χ1) is 13.9. The van der Waals surface area contributed by atoms with Gasteiger partial charge in [0.25, 0.3) is 5.91 Å². The quantitative estimate of drug-likeness (QED) is 0.532. The van der Waals surface area contributed by atoms with Gasteiger partial charge in [-0.25, -0.2) is 9.18 Å². The second-order valence-electron chi connectivity index (χ2n) is 6.37. The van der Waals surface area contributed by atoms with Crippen LogP contribution >= 0.6 is 11.3 Å². The molecular formula is C20H27FN3O4S+. The molecule has 0 bridgehead atoms. The van der Waals surface area contributed by atoms with Crippen LogP contribution in [0.2, 0.25) is 0 Å². The number of halogens is 1. The maximum Gasteiger partial charge on any atom is 0.341 e. The van der Waals surface area contributed by atoms with E-state index in [4.69, 9.17) is 15.2 Å². The second-order valence-corrected chi connectivity index (χ2v) is 7.43. The lowest BCUT2D eigenvalue weighted by Crippen LogP contribution is -3.09. The fraction of sp³-hybridized carbons (Fsp3) is 0.400. The van der Waals surface area contributed by atoms with Crippen LogP contribution in [0.5, 0.6) is 5.75 Å². The Kier molecular flexibility index (Phi) is 7.98. The Morgan fingerprint density at radius 2 is 2.00 bits per heavy atom. The van der Waals surface area contributed by atoms with Crippen LogP contribution in [-0.2, 0) is 17.8 Å². The van der Waals surface area contributed by atoms with E-state index in [0.29, 0.717) is 30.1 Å². The molecule has 158 valence electrons. The second kappa shape index (κ2) is 10.2. The van der Waals surface area contributed by atoms with Crippen LogP contribution in [-0.4, -0.2) is 39.2 Å². The minimum absolute atomic E-state index is 0.184. The summed E-state index contributed by atoms with van der Waals surface area (Å²) in [6, 6.07) is 4.81. The first-order valence-electron chi connectivity index (χ1n) is 9.32. The summed E-state index contributed by atoms with van der Waals surface area (Å²) < 4.78 is 24.1. The molecule has 0 aliphatic carbocycles. The third-order valence-corrected chi connectivity index (χ3v) is 5.60. The molecule has 2 aromatic rings. The van der Waals surface area contributed by atoms with E-state index in [1.54, 1.807) is 19.1 Å². The van der Waals surface area contributed by atoms with Gasteiger partial charge in [0.2, 0.25) is 0 Å². The van der Waals surface area contributed by atoms with Crippen molar-refractivity contribution in [1.29, 1.82) is 0 Å². The van der Waals surface area contributed by atoms with Crippen molar-refractivity contribution in [3.05, 3.63) is 45.6 Å². The Hall–Kier alpha value is -2.65. The summed E-state index contributed by atoms with van der Waals surface area (Å²) in [4.78, 5) is 26.2. The molecule has 0 radical (unpaired) electrons. The molecule has 9 heteroatoms. The lowest BCUT2D eigenvalue weighted by atomic mass is 10.1. The fourth-order valence-corrected chi connectivity index (χ4v) is 4.07. The molecule has 0 aliphatic rings. The molecule has 1 amide bonds. The van der Waals surface area contributed by atoms with E-state index in [2.05, 4.69) is 5.32 Å². The van der Waals surface area contributed by atoms with Crippen LogP contribution < -0.4 is 20.7 Å². The Labute approximate surface area is 173 Å². The van der Waals surface area contributed by atoms with Gasteiger partial charge in [-0.1, -0.05) is 0 Å². The molecule has 1 heterocycles. The van der Waals surface area contributed by atoms with E-state index in [1.807, 2.05) is 6.92 Å². The highest BCUT2D eigenvalue weighted by atomic mass is 32.1. The number of methoxy groups -OCH3 is 1. The molecule has 0 saturated carbocycles. The lowest BCUT2D eigenvalue weighted by molar-refractivity contribution is -0.925. The highest BCUT2D eigenvalue weighted by Gasteiger charge is 2.29. The number of carbonyl (C=O) groups excluding carboxylic acids is 2. The third-order valence-electron chi connectivity index (χ3n) is 4.54. The van der Waals surface area contributed by atoms with Crippen LogP contribution in [0.1, 0.15) is 45.0 Å². The number of ether oxygens (including phenoxy) is 2. The molecule has 1 unspecified atom stereocenters. The van der Waals surface area contributed by atoms with Crippen molar-refractivity contribution < 1.29 is 28.4 Å². The van der Waals surface area contributed by atoms with Crippen LogP contribution in [0.3, 0.4) is 0 Å². The van der Waals surface area contributed by atoms with Gasteiger partial charge in [0.15, 0.2) is 11.6 Å². The average molecular weight is 425 g/mol. The minimum Gasteiger partial charge on any atom is -0.494 e. The number of anilines is 1. The number of amides is 1. The summed E-state index contributed by atoms with van der Waals surface area (Å²) in [5.74, 6) is -1.10. The van der Waals surface area contributed by atoms with E-state index in [9.17, 15) is 14.0 Å². The maximum absolute atomic E-state index is 14.0. The number of thiophene rings is 1. The van der Waals surface area contributed by atoms with Crippen LogP contribution in [0.25, 0.3) is 0 Å². The number of esters is 1. The van der Waals surface area contributed by atoms with Crippen LogP contribution in [0.4, 0.5) is 9.39 Å². The minimum atomic E-state index is -0.544. The number of nitrogens with two attached hydrogens (primary N) is 1. The Morgan fingerprint density at radius 1 is 1.28 bits per heavy atom.